The maximum atomic E-state index is 3.84. The van der Waals surface area contributed by atoms with E-state index in [-0.39, 0.29) is 5.92 Å². The molecule has 122 valence electrons. The van der Waals surface area contributed by atoms with E-state index < -0.39 is 0 Å². The Hall–Kier alpha value is -3.12. The van der Waals surface area contributed by atoms with Gasteiger partial charge >= 0.3 is 0 Å². The third-order valence-electron chi connectivity index (χ3n) is 4.52. The van der Waals surface area contributed by atoms with Crippen LogP contribution in [0, 0.1) is 0 Å². The molecule has 3 aromatic rings. The van der Waals surface area contributed by atoms with E-state index in [0.717, 1.165) is 16.7 Å². The Balaban J connectivity index is 2.09. The van der Waals surface area contributed by atoms with Crippen molar-refractivity contribution < 1.29 is 0 Å². The first-order valence-corrected chi connectivity index (χ1v) is 8.42. The van der Waals surface area contributed by atoms with Crippen molar-refractivity contribution in [1.82, 2.24) is 0 Å². The quantitative estimate of drug-likeness (QED) is 0.438. The average Bonchev–Trinajstić information content (AvgIpc) is 2.70. The normalized spacial score (nSPS) is 10.4. The zero-order valence-corrected chi connectivity index (χ0v) is 14.4. The summed E-state index contributed by atoms with van der Waals surface area (Å²) in [4.78, 5) is 0. The number of hydrogen-bond acceptors (Lipinski definition) is 0. The van der Waals surface area contributed by atoms with Crippen LogP contribution in [0.3, 0.4) is 0 Å². The molecule has 3 rings (SSSR count). The molecule has 0 bridgehead atoms. The van der Waals surface area contributed by atoms with E-state index in [1.807, 2.05) is 18.2 Å². The van der Waals surface area contributed by atoms with Crippen LogP contribution in [0.4, 0.5) is 0 Å². The lowest BCUT2D eigenvalue weighted by molar-refractivity contribution is 0.976. The Morgan fingerprint density at radius 2 is 0.680 bits per heavy atom. The highest BCUT2D eigenvalue weighted by Gasteiger charge is 2.16. The highest BCUT2D eigenvalue weighted by molar-refractivity contribution is 5.54. The molecule has 0 spiro atoms. The molecule has 0 aliphatic rings. The average molecular weight is 322 g/mol. The predicted octanol–water partition coefficient (Wildman–Crippen LogP) is 6.80. The molecule has 0 heterocycles. The molecular weight excluding hydrogens is 300 g/mol. The van der Waals surface area contributed by atoms with Gasteiger partial charge in [-0.25, -0.2) is 0 Å². The third kappa shape index (κ3) is 3.70. The second-order valence-corrected chi connectivity index (χ2v) is 6.05. The summed E-state index contributed by atoms with van der Waals surface area (Å²) in [5, 5.41) is 0. The highest BCUT2D eigenvalue weighted by atomic mass is 14.2. The van der Waals surface area contributed by atoms with E-state index in [9.17, 15) is 0 Å². The first-order valence-electron chi connectivity index (χ1n) is 8.42. The van der Waals surface area contributed by atoms with Gasteiger partial charge in [0.1, 0.15) is 0 Å². The van der Waals surface area contributed by atoms with Gasteiger partial charge in [0, 0.05) is 5.92 Å². The van der Waals surface area contributed by atoms with Gasteiger partial charge in [-0.15, -0.1) is 0 Å². The van der Waals surface area contributed by atoms with E-state index in [1.54, 1.807) is 0 Å². The molecule has 0 aliphatic heterocycles. The van der Waals surface area contributed by atoms with E-state index in [4.69, 9.17) is 0 Å². The predicted molar refractivity (Wildman–Crippen MR) is 111 cm³/mol. The Labute approximate surface area is 150 Å². The molecule has 0 fully saturated rings. The van der Waals surface area contributed by atoms with Gasteiger partial charge in [0.05, 0.1) is 0 Å². The first kappa shape index (κ1) is 16.7. The van der Waals surface area contributed by atoms with Gasteiger partial charge in [0.25, 0.3) is 0 Å². The molecule has 0 N–H and O–H groups in total. The molecular formula is C25H22. The highest BCUT2D eigenvalue weighted by Crippen LogP contribution is 2.32. The summed E-state index contributed by atoms with van der Waals surface area (Å²) in [6.07, 6.45) is 5.61. The van der Waals surface area contributed by atoms with Gasteiger partial charge < -0.3 is 0 Å². The first-order chi connectivity index (χ1) is 12.2. The van der Waals surface area contributed by atoms with Crippen LogP contribution in [0.1, 0.15) is 39.3 Å². The van der Waals surface area contributed by atoms with Crippen LogP contribution in [0.5, 0.6) is 0 Å². The lowest BCUT2D eigenvalue weighted by Gasteiger charge is -2.19. The Morgan fingerprint density at radius 3 is 0.880 bits per heavy atom. The zero-order chi connectivity index (χ0) is 17.6. The van der Waals surface area contributed by atoms with Gasteiger partial charge in [-0.3, -0.25) is 0 Å². The molecule has 0 heteroatoms. The molecule has 3 aromatic carbocycles. The maximum absolute atomic E-state index is 3.84. The van der Waals surface area contributed by atoms with Crippen molar-refractivity contribution in [3.63, 3.8) is 0 Å². The topological polar surface area (TPSA) is 0 Å². The zero-order valence-electron chi connectivity index (χ0n) is 14.4. The summed E-state index contributed by atoms with van der Waals surface area (Å²) in [6.45, 7) is 11.5. The van der Waals surface area contributed by atoms with Gasteiger partial charge in [0.15, 0.2) is 0 Å². The minimum Gasteiger partial charge on any atom is -0.0985 e. The second-order valence-electron chi connectivity index (χ2n) is 6.05. The van der Waals surface area contributed by atoms with Gasteiger partial charge in [-0.2, -0.15) is 0 Å². The number of rotatable bonds is 6. The SMILES string of the molecule is C=Cc1ccc(C(c2ccc(C=C)cc2)c2ccc(C=C)cc2)cc1. The van der Waals surface area contributed by atoms with Crippen LogP contribution in [-0.4, -0.2) is 0 Å². The van der Waals surface area contributed by atoms with E-state index >= 15 is 0 Å². The molecule has 0 unspecified atom stereocenters. The van der Waals surface area contributed by atoms with E-state index in [2.05, 4.69) is 92.5 Å². The summed E-state index contributed by atoms with van der Waals surface area (Å²) in [5.41, 5.74) is 7.19. The second kappa shape index (κ2) is 7.63. The fourth-order valence-corrected chi connectivity index (χ4v) is 3.05. The minimum absolute atomic E-state index is 0.191. The lowest BCUT2D eigenvalue weighted by Crippen LogP contribution is -2.03. The Kier molecular flexibility index (Phi) is 5.11. The van der Waals surface area contributed by atoms with E-state index in [0.29, 0.717) is 0 Å². The van der Waals surface area contributed by atoms with Crippen LogP contribution >= 0.6 is 0 Å². The molecule has 0 saturated heterocycles. The third-order valence-corrected chi connectivity index (χ3v) is 4.52. The van der Waals surface area contributed by atoms with Gasteiger partial charge in [0.2, 0.25) is 0 Å². The summed E-state index contributed by atoms with van der Waals surface area (Å²) < 4.78 is 0. The number of benzene rings is 3. The molecule has 0 atom stereocenters. The largest absolute Gasteiger partial charge is 0.0985 e. The monoisotopic (exact) mass is 322 g/mol. The molecule has 0 aromatic heterocycles. The molecule has 0 nitrogen and oxygen atoms in total. The minimum atomic E-state index is 0.191. The van der Waals surface area contributed by atoms with Crippen molar-refractivity contribution in [3.8, 4) is 0 Å². The van der Waals surface area contributed by atoms with Crippen LogP contribution in [0.2, 0.25) is 0 Å². The van der Waals surface area contributed by atoms with Gasteiger partial charge in [-0.1, -0.05) is 111 Å². The van der Waals surface area contributed by atoms with Crippen molar-refractivity contribution in [3.05, 3.63) is 126 Å². The summed E-state index contributed by atoms with van der Waals surface area (Å²) in [6, 6.07) is 25.8. The van der Waals surface area contributed by atoms with Crippen molar-refractivity contribution in [2.45, 2.75) is 5.92 Å². The molecule has 0 aliphatic carbocycles. The van der Waals surface area contributed by atoms with Crippen molar-refractivity contribution in [1.29, 1.82) is 0 Å². The van der Waals surface area contributed by atoms with Gasteiger partial charge in [-0.05, 0) is 33.4 Å². The number of hydrogen-bond donors (Lipinski definition) is 0. The molecule has 0 radical (unpaired) electrons. The summed E-state index contributed by atoms with van der Waals surface area (Å²) in [7, 11) is 0. The van der Waals surface area contributed by atoms with Crippen LogP contribution in [-0.2, 0) is 0 Å². The maximum Gasteiger partial charge on any atom is 0.0340 e. The molecule has 0 saturated carbocycles. The lowest BCUT2D eigenvalue weighted by atomic mass is 9.84. The van der Waals surface area contributed by atoms with E-state index in [1.165, 1.54) is 16.7 Å². The Bertz CT molecular complexity index is 740. The van der Waals surface area contributed by atoms with Crippen LogP contribution in [0.25, 0.3) is 18.2 Å². The molecule has 25 heavy (non-hydrogen) atoms. The summed E-state index contributed by atoms with van der Waals surface area (Å²) >= 11 is 0. The fraction of sp³-hybridized carbons (Fsp3) is 0.0400. The summed E-state index contributed by atoms with van der Waals surface area (Å²) in [5.74, 6) is 0.191. The van der Waals surface area contributed by atoms with Crippen molar-refractivity contribution >= 4 is 18.2 Å². The standard InChI is InChI=1S/C25H22/c1-4-19-7-13-22(14-8-19)25(23-15-9-20(5-2)10-16-23)24-17-11-21(6-3)12-18-24/h4-18,25H,1-3H2. The van der Waals surface area contributed by atoms with Crippen LogP contribution < -0.4 is 0 Å². The van der Waals surface area contributed by atoms with Crippen molar-refractivity contribution in [2.75, 3.05) is 0 Å². The Morgan fingerprint density at radius 1 is 0.440 bits per heavy atom. The smallest absolute Gasteiger partial charge is 0.0340 e. The van der Waals surface area contributed by atoms with Crippen LogP contribution in [0.15, 0.2) is 92.5 Å². The fourth-order valence-electron chi connectivity index (χ4n) is 3.05. The van der Waals surface area contributed by atoms with Crippen molar-refractivity contribution in [2.24, 2.45) is 0 Å². The molecule has 0 amide bonds.